The lowest BCUT2D eigenvalue weighted by atomic mass is 10.1. The lowest BCUT2D eigenvalue weighted by Gasteiger charge is -2.19. The van der Waals surface area contributed by atoms with Gasteiger partial charge < -0.3 is 9.47 Å². The van der Waals surface area contributed by atoms with E-state index in [1.54, 1.807) is 0 Å². The summed E-state index contributed by atoms with van der Waals surface area (Å²) >= 11 is 5.61. The van der Waals surface area contributed by atoms with Crippen molar-refractivity contribution in [2.75, 3.05) is 13.2 Å². The van der Waals surface area contributed by atoms with E-state index < -0.39 is 17.5 Å². The molecular formula is C10H6ClF3O3. The SMILES string of the molecule is O=C(c1cc2c(cc1Cl)OCCO2)C(F)(F)F. The number of carbonyl (C=O) groups is 1. The molecule has 2 rings (SSSR count). The van der Waals surface area contributed by atoms with E-state index in [1.807, 2.05) is 0 Å². The molecule has 0 radical (unpaired) electrons. The Morgan fingerprint density at radius 3 is 2.24 bits per heavy atom. The number of hydrogen-bond donors (Lipinski definition) is 0. The fourth-order valence-electron chi connectivity index (χ4n) is 1.39. The second kappa shape index (κ2) is 4.10. The lowest BCUT2D eigenvalue weighted by Crippen LogP contribution is -2.24. The summed E-state index contributed by atoms with van der Waals surface area (Å²) in [6.07, 6.45) is -4.96. The van der Waals surface area contributed by atoms with Crippen molar-refractivity contribution in [2.45, 2.75) is 6.18 Å². The van der Waals surface area contributed by atoms with E-state index in [1.165, 1.54) is 0 Å². The highest BCUT2D eigenvalue weighted by Gasteiger charge is 2.41. The van der Waals surface area contributed by atoms with E-state index in [9.17, 15) is 18.0 Å². The van der Waals surface area contributed by atoms with Crippen LogP contribution in [0.2, 0.25) is 5.02 Å². The summed E-state index contributed by atoms with van der Waals surface area (Å²) in [7, 11) is 0. The van der Waals surface area contributed by atoms with Gasteiger partial charge >= 0.3 is 6.18 Å². The third-order valence-electron chi connectivity index (χ3n) is 2.13. The second-order valence-electron chi connectivity index (χ2n) is 3.30. The van der Waals surface area contributed by atoms with Gasteiger partial charge in [0.15, 0.2) is 11.5 Å². The summed E-state index contributed by atoms with van der Waals surface area (Å²) in [4.78, 5) is 11.1. The number of rotatable bonds is 1. The maximum absolute atomic E-state index is 12.3. The molecule has 1 aromatic rings. The first kappa shape index (κ1) is 12.0. The van der Waals surface area contributed by atoms with Crippen LogP contribution >= 0.6 is 11.6 Å². The molecule has 0 saturated carbocycles. The van der Waals surface area contributed by atoms with Crippen LogP contribution in [0.1, 0.15) is 10.4 Å². The van der Waals surface area contributed by atoms with Gasteiger partial charge in [-0.2, -0.15) is 13.2 Å². The van der Waals surface area contributed by atoms with Crippen molar-refractivity contribution in [1.29, 1.82) is 0 Å². The van der Waals surface area contributed by atoms with Crippen LogP contribution < -0.4 is 9.47 Å². The van der Waals surface area contributed by atoms with E-state index in [2.05, 4.69) is 0 Å². The molecule has 92 valence electrons. The quantitative estimate of drug-likeness (QED) is 0.733. The summed E-state index contributed by atoms with van der Waals surface area (Å²) in [6.45, 7) is 0.504. The second-order valence-corrected chi connectivity index (χ2v) is 3.71. The molecule has 0 atom stereocenters. The monoisotopic (exact) mass is 266 g/mol. The molecule has 3 nitrogen and oxygen atoms in total. The molecule has 1 heterocycles. The number of ether oxygens (including phenoxy) is 2. The average molecular weight is 267 g/mol. The largest absolute Gasteiger partial charge is 0.486 e. The maximum atomic E-state index is 12.3. The van der Waals surface area contributed by atoms with Gasteiger partial charge in [0.25, 0.3) is 5.78 Å². The van der Waals surface area contributed by atoms with Crippen LogP contribution in [0.15, 0.2) is 12.1 Å². The Labute approximate surface area is 99.1 Å². The van der Waals surface area contributed by atoms with Crippen molar-refractivity contribution in [2.24, 2.45) is 0 Å². The van der Waals surface area contributed by atoms with Gasteiger partial charge in [0.2, 0.25) is 0 Å². The molecule has 0 N–H and O–H groups in total. The first-order chi connectivity index (χ1) is 7.89. The van der Waals surface area contributed by atoms with Crippen LogP contribution in [-0.4, -0.2) is 25.2 Å². The van der Waals surface area contributed by atoms with Crippen molar-refractivity contribution < 1.29 is 27.4 Å². The minimum atomic E-state index is -4.96. The lowest BCUT2D eigenvalue weighted by molar-refractivity contribution is -0.0885. The molecule has 0 amide bonds. The minimum Gasteiger partial charge on any atom is -0.486 e. The first-order valence-electron chi connectivity index (χ1n) is 4.60. The standard InChI is InChI=1S/C10H6ClF3O3/c11-6-4-8-7(16-1-2-17-8)3-5(6)9(15)10(12,13)14/h3-4H,1-2H2. The van der Waals surface area contributed by atoms with Crippen LogP contribution in [0.4, 0.5) is 13.2 Å². The van der Waals surface area contributed by atoms with E-state index in [0.29, 0.717) is 0 Å². The van der Waals surface area contributed by atoms with Crippen LogP contribution in [0, 0.1) is 0 Å². The zero-order valence-electron chi connectivity index (χ0n) is 8.31. The summed E-state index contributed by atoms with van der Waals surface area (Å²) < 4.78 is 47.0. The number of halogens is 4. The topological polar surface area (TPSA) is 35.5 Å². The predicted octanol–water partition coefficient (Wildman–Crippen LogP) is 2.86. The molecule has 0 aliphatic carbocycles. The van der Waals surface area contributed by atoms with E-state index in [0.717, 1.165) is 12.1 Å². The molecule has 1 aliphatic rings. The van der Waals surface area contributed by atoms with Crippen molar-refractivity contribution in [3.63, 3.8) is 0 Å². The highest BCUT2D eigenvalue weighted by molar-refractivity contribution is 6.34. The van der Waals surface area contributed by atoms with Crippen LogP contribution in [0.25, 0.3) is 0 Å². The van der Waals surface area contributed by atoms with Crippen molar-refractivity contribution in [1.82, 2.24) is 0 Å². The Morgan fingerprint density at radius 2 is 1.71 bits per heavy atom. The molecule has 7 heteroatoms. The number of Topliss-reactive ketones (excluding diaryl/α,β-unsaturated/α-hetero) is 1. The zero-order valence-corrected chi connectivity index (χ0v) is 9.06. The summed E-state index contributed by atoms with van der Waals surface area (Å²) in [6, 6.07) is 2.10. The van der Waals surface area contributed by atoms with Gasteiger partial charge in [0.1, 0.15) is 13.2 Å². The van der Waals surface area contributed by atoms with E-state index in [-0.39, 0.29) is 29.7 Å². The summed E-state index contributed by atoms with van der Waals surface area (Å²) in [5.41, 5.74) is -0.636. The summed E-state index contributed by atoms with van der Waals surface area (Å²) in [5.74, 6) is -1.67. The van der Waals surface area contributed by atoms with Crippen molar-refractivity contribution in [3.05, 3.63) is 22.7 Å². The number of hydrogen-bond acceptors (Lipinski definition) is 3. The third-order valence-corrected chi connectivity index (χ3v) is 2.45. The van der Waals surface area contributed by atoms with Crippen LogP contribution in [0.5, 0.6) is 11.5 Å². The fraction of sp³-hybridized carbons (Fsp3) is 0.300. The van der Waals surface area contributed by atoms with Gasteiger partial charge in [-0.3, -0.25) is 4.79 Å². The highest BCUT2D eigenvalue weighted by Crippen LogP contribution is 2.37. The van der Waals surface area contributed by atoms with Gasteiger partial charge in [-0.05, 0) is 6.07 Å². The highest BCUT2D eigenvalue weighted by atomic mass is 35.5. The number of carbonyl (C=O) groups excluding carboxylic acids is 1. The molecule has 1 aromatic carbocycles. The number of benzene rings is 1. The maximum Gasteiger partial charge on any atom is 0.454 e. The van der Waals surface area contributed by atoms with Crippen molar-refractivity contribution in [3.8, 4) is 11.5 Å². The number of ketones is 1. The average Bonchev–Trinajstić information content (AvgIpc) is 2.26. The number of fused-ring (bicyclic) bond motifs is 1. The first-order valence-corrected chi connectivity index (χ1v) is 4.98. The molecule has 0 spiro atoms. The minimum absolute atomic E-state index is 0.0910. The predicted molar refractivity (Wildman–Crippen MR) is 52.8 cm³/mol. The van der Waals surface area contributed by atoms with Gasteiger partial charge in [0.05, 0.1) is 5.02 Å². The molecular weight excluding hydrogens is 261 g/mol. The van der Waals surface area contributed by atoms with Gasteiger partial charge in [0, 0.05) is 11.6 Å². The third kappa shape index (κ3) is 2.31. The number of alkyl halides is 3. The smallest absolute Gasteiger partial charge is 0.454 e. The van der Waals surface area contributed by atoms with Gasteiger partial charge in [-0.25, -0.2) is 0 Å². The normalized spacial score (nSPS) is 14.6. The molecule has 17 heavy (non-hydrogen) atoms. The van der Waals surface area contributed by atoms with Crippen LogP contribution in [0.3, 0.4) is 0 Å². The van der Waals surface area contributed by atoms with Gasteiger partial charge in [-0.15, -0.1) is 0 Å². The molecule has 0 fully saturated rings. The van der Waals surface area contributed by atoms with E-state index in [4.69, 9.17) is 21.1 Å². The Hall–Kier alpha value is -1.43. The van der Waals surface area contributed by atoms with Crippen molar-refractivity contribution >= 4 is 17.4 Å². The molecule has 1 aliphatic heterocycles. The Balaban J connectivity index is 2.45. The molecule has 0 saturated heterocycles. The Kier molecular flexibility index (Phi) is 2.91. The molecule has 0 aromatic heterocycles. The molecule has 0 bridgehead atoms. The zero-order chi connectivity index (χ0) is 12.6. The van der Waals surface area contributed by atoms with E-state index >= 15 is 0 Å². The van der Waals surface area contributed by atoms with Gasteiger partial charge in [-0.1, -0.05) is 11.6 Å². The van der Waals surface area contributed by atoms with Crippen LogP contribution in [-0.2, 0) is 0 Å². The Morgan fingerprint density at radius 1 is 1.18 bits per heavy atom. The Bertz CT molecular complexity index is 471. The summed E-state index contributed by atoms with van der Waals surface area (Å²) in [5, 5.41) is -0.309. The molecule has 0 unspecified atom stereocenters. The fourth-order valence-corrected chi connectivity index (χ4v) is 1.63.